The number of carbonyl (C=O) groups is 1. The zero-order valence-corrected chi connectivity index (χ0v) is 10.8. The predicted octanol–water partition coefficient (Wildman–Crippen LogP) is 1.68. The molecule has 1 aromatic carbocycles. The molecule has 0 fully saturated rings. The van der Waals surface area contributed by atoms with Crippen LogP contribution in [0.2, 0.25) is 0 Å². The van der Waals surface area contributed by atoms with E-state index in [0.29, 0.717) is 11.1 Å². The Kier molecular flexibility index (Phi) is 3.81. The van der Waals surface area contributed by atoms with Gasteiger partial charge in [0, 0.05) is 18.0 Å². The third-order valence-electron chi connectivity index (χ3n) is 3.32. The number of carboxylic acid groups (broad SMARTS) is 1. The fraction of sp³-hybridized carbons (Fsp3) is 0.500. The number of aliphatic carboxylic acids is 1. The Labute approximate surface area is 102 Å². The van der Waals surface area contributed by atoms with E-state index in [9.17, 15) is 15.0 Å². The maximum atomic E-state index is 10.6. The molecule has 0 heterocycles. The van der Waals surface area contributed by atoms with Gasteiger partial charge in [-0.25, -0.2) is 0 Å². The maximum absolute atomic E-state index is 10.6. The lowest BCUT2D eigenvalue weighted by molar-refractivity contribution is -0.304. The topological polar surface area (TPSA) is 60.4 Å². The predicted molar refractivity (Wildman–Crippen MR) is 64.9 cm³/mol. The van der Waals surface area contributed by atoms with Crippen LogP contribution >= 0.6 is 0 Å². The van der Waals surface area contributed by atoms with Crippen LogP contribution in [0.15, 0.2) is 12.1 Å². The summed E-state index contributed by atoms with van der Waals surface area (Å²) in [6.07, 6.45) is 0.753. The number of carbonyl (C=O) groups excluding carboxylic acids is 1. The van der Waals surface area contributed by atoms with Crippen LogP contribution in [0, 0.1) is 6.92 Å². The standard InChI is InChI=1S/C14H20O3/c1-5-14(3,4)11-7-10(8-12(15)16)6-9(2)13(11)17/h6-7,17H,5,8H2,1-4H3,(H,15,16)/p-1. The molecule has 0 unspecified atom stereocenters. The van der Waals surface area contributed by atoms with E-state index >= 15 is 0 Å². The van der Waals surface area contributed by atoms with Gasteiger partial charge in [-0.2, -0.15) is 0 Å². The van der Waals surface area contributed by atoms with Crippen molar-refractivity contribution >= 4 is 5.97 Å². The number of aryl methyl sites for hydroxylation is 1. The summed E-state index contributed by atoms with van der Waals surface area (Å²) >= 11 is 0. The smallest absolute Gasteiger partial charge is 0.122 e. The molecule has 1 aromatic rings. The average Bonchev–Trinajstić information content (AvgIpc) is 2.22. The highest BCUT2D eigenvalue weighted by Crippen LogP contribution is 2.36. The van der Waals surface area contributed by atoms with Crippen LogP contribution in [-0.2, 0) is 16.6 Å². The molecule has 17 heavy (non-hydrogen) atoms. The Bertz CT molecular complexity index is 433. The van der Waals surface area contributed by atoms with Crippen molar-refractivity contribution < 1.29 is 15.0 Å². The lowest BCUT2D eigenvalue weighted by Gasteiger charge is -2.26. The first-order valence-electron chi connectivity index (χ1n) is 5.80. The fourth-order valence-electron chi connectivity index (χ4n) is 1.83. The number of hydrogen-bond donors (Lipinski definition) is 1. The number of rotatable bonds is 4. The SMILES string of the molecule is CCC(C)(C)c1cc(CC(=O)[O-])cc(C)c1O. The van der Waals surface area contributed by atoms with E-state index in [4.69, 9.17) is 0 Å². The number of phenols is 1. The molecule has 0 aliphatic carbocycles. The summed E-state index contributed by atoms with van der Waals surface area (Å²) < 4.78 is 0. The van der Waals surface area contributed by atoms with Crippen LogP contribution in [0.1, 0.15) is 43.9 Å². The first-order chi connectivity index (χ1) is 7.77. The highest BCUT2D eigenvalue weighted by Gasteiger charge is 2.23. The van der Waals surface area contributed by atoms with Gasteiger partial charge in [0.2, 0.25) is 0 Å². The zero-order chi connectivity index (χ0) is 13.2. The average molecular weight is 235 g/mol. The molecule has 0 aromatic heterocycles. The van der Waals surface area contributed by atoms with Crippen LogP contribution in [0.5, 0.6) is 5.75 Å². The number of carboxylic acids is 1. The van der Waals surface area contributed by atoms with Crippen LogP contribution < -0.4 is 5.11 Å². The third-order valence-corrected chi connectivity index (χ3v) is 3.32. The van der Waals surface area contributed by atoms with Gasteiger partial charge in [0.25, 0.3) is 0 Å². The van der Waals surface area contributed by atoms with E-state index in [0.717, 1.165) is 12.0 Å². The van der Waals surface area contributed by atoms with Crippen molar-refractivity contribution in [2.45, 2.75) is 46.0 Å². The van der Waals surface area contributed by atoms with Gasteiger partial charge in [0.1, 0.15) is 5.75 Å². The molecule has 0 saturated heterocycles. The normalized spacial score (nSPS) is 11.5. The largest absolute Gasteiger partial charge is 0.550 e. The van der Waals surface area contributed by atoms with Gasteiger partial charge in [0.05, 0.1) is 0 Å². The second-order valence-corrected chi connectivity index (χ2v) is 5.10. The molecule has 0 bridgehead atoms. The molecule has 1 rings (SSSR count). The van der Waals surface area contributed by atoms with E-state index in [1.54, 1.807) is 19.1 Å². The number of aromatic hydroxyl groups is 1. The van der Waals surface area contributed by atoms with Gasteiger partial charge in [-0.05, 0) is 29.9 Å². The molecule has 94 valence electrons. The molecule has 3 heteroatoms. The third kappa shape index (κ3) is 2.99. The van der Waals surface area contributed by atoms with Crippen molar-refractivity contribution in [2.75, 3.05) is 0 Å². The zero-order valence-electron chi connectivity index (χ0n) is 10.8. The molecule has 0 spiro atoms. The first-order valence-corrected chi connectivity index (χ1v) is 5.80. The highest BCUT2D eigenvalue weighted by molar-refractivity contribution is 5.68. The van der Waals surface area contributed by atoms with E-state index in [2.05, 4.69) is 0 Å². The minimum Gasteiger partial charge on any atom is -0.550 e. The van der Waals surface area contributed by atoms with Crippen LogP contribution in [0.25, 0.3) is 0 Å². The van der Waals surface area contributed by atoms with Gasteiger partial charge < -0.3 is 15.0 Å². The molecule has 0 amide bonds. The Balaban J connectivity index is 3.29. The van der Waals surface area contributed by atoms with Gasteiger partial charge in [-0.3, -0.25) is 0 Å². The Morgan fingerprint density at radius 2 is 2.00 bits per heavy atom. The number of phenolic OH excluding ortho intramolecular Hbond substituents is 1. The lowest BCUT2D eigenvalue weighted by Crippen LogP contribution is -2.25. The van der Waals surface area contributed by atoms with Gasteiger partial charge in [0.15, 0.2) is 0 Å². The number of benzene rings is 1. The minimum atomic E-state index is -1.10. The molecular formula is C14H19O3-. The summed E-state index contributed by atoms with van der Waals surface area (Å²) in [6.45, 7) is 7.89. The number of hydrogen-bond acceptors (Lipinski definition) is 3. The van der Waals surface area contributed by atoms with Gasteiger partial charge in [-0.15, -0.1) is 0 Å². The summed E-state index contributed by atoms with van der Waals surface area (Å²) in [7, 11) is 0. The fourth-order valence-corrected chi connectivity index (χ4v) is 1.83. The molecule has 1 N–H and O–H groups in total. The molecule has 0 aliphatic rings. The summed E-state index contributed by atoms with van der Waals surface area (Å²) in [6, 6.07) is 3.46. The molecule has 0 saturated carbocycles. The van der Waals surface area contributed by atoms with Crippen LogP contribution in [0.4, 0.5) is 0 Å². The van der Waals surface area contributed by atoms with Crippen molar-refractivity contribution in [3.63, 3.8) is 0 Å². The summed E-state index contributed by atoms with van der Waals surface area (Å²) in [4.78, 5) is 10.6. The van der Waals surface area contributed by atoms with E-state index in [1.165, 1.54) is 0 Å². The molecule has 0 radical (unpaired) electrons. The maximum Gasteiger partial charge on any atom is 0.122 e. The van der Waals surface area contributed by atoms with Crippen molar-refractivity contribution in [2.24, 2.45) is 0 Å². The van der Waals surface area contributed by atoms with Gasteiger partial charge >= 0.3 is 0 Å². The lowest BCUT2D eigenvalue weighted by atomic mass is 9.80. The molecule has 0 atom stereocenters. The van der Waals surface area contributed by atoms with Crippen LogP contribution in [0.3, 0.4) is 0 Å². The summed E-state index contributed by atoms with van der Waals surface area (Å²) in [5.41, 5.74) is 2.02. The first kappa shape index (κ1) is 13.6. The molecular weight excluding hydrogens is 216 g/mol. The van der Waals surface area contributed by atoms with Gasteiger partial charge in [-0.1, -0.05) is 32.9 Å². The minimum absolute atomic E-state index is 0.117. The van der Waals surface area contributed by atoms with E-state index < -0.39 is 5.97 Å². The molecule has 3 nitrogen and oxygen atoms in total. The summed E-state index contributed by atoms with van der Waals surface area (Å²) in [5.74, 6) is -0.839. The van der Waals surface area contributed by atoms with Crippen molar-refractivity contribution in [1.82, 2.24) is 0 Å². The quantitative estimate of drug-likeness (QED) is 0.863. The second kappa shape index (κ2) is 4.78. The van der Waals surface area contributed by atoms with E-state index in [1.807, 2.05) is 20.8 Å². The Hall–Kier alpha value is -1.51. The van der Waals surface area contributed by atoms with Crippen molar-refractivity contribution in [3.05, 3.63) is 28.8 Å². The van der Waals surface area contributed by atoms with Crippen molar-refractivity contribution in [1.29, 1.82) is 0 Å². The Morgan fingerprint density at radius 3 is 2.47 bits per heavy atom. The summed E-state index contributed by atoms with van der Waals surface area (Å²) in [5, 5.41) is 20.7. The van der Waals surface area contributed by atoms with E-state index in [-0.39, 0.29) is 17.6 Å². The monoisotopic (exact) mass is 235 g/mol. The molecule has 0 aliphatic heterocycles. The van der Waals surface area contributed by atoms with Crippen molar-refractivity contribution in [3.8, 4) is 5.75 Å². The van der Waals surface area contributed by atoms with Crippen LogP contribution in [-0.4, -0.2) is 11.1 Å². The Morgan fingerprint density at radius 1 is 1.41 bits per heavy atom. The highest BCUT2D eigenvalue weighted by atomic mass is 16.4. The second-order valence-electron chi connectivity index (χ2n) is 5.10.